The van der Waals surface area contributed by atoms with Crippen molar-refractivity contribution in [3.8, 4) is 5.95 Å². The normalized spacial score (nSPS) is 16.1. The average molecular weight is 279 g/mol. The van der Waals surface area contributed by atoms with Gasteiger partial charge in [0.2, 0.25) is 0 Å². The quantitative estimate of drug-likeness (QED) is 0.612. The van der Waals surface area contributed by atoms with Crippen LogP contribution in [-0.4, -0.2) is 29.7 Å². The second-order valence-corrected chi connectivity index (χ2v) is 5.37. The van der Waals surface area contributed by atoms with Gasteiger partial charge in [-0.05, 0) is 45.8 Å². The number of esters is 1. The highest BCUT2D eigenvalue weighted by molar-refractivity contribution is 5.94. The van der Waals surface area contributed by atoms with E-state index in [-0.39, 0.29) is 18.2 Å². The Hall–Kier alpha value is -1.62. The van der Waals surface area contributed by atoms with Crippen LogP contribution in [0.15, 0.2) is 10.5 Å². The van der Waals surface area contributed by atoms with E-state index in [0.717, 1.165) is 31.0 Å². The maximum Gasteiger partial charge on any atom is 0.321 e. The number of likely N-dealkylation sites (tertiary alicyclic amines) is 1. The van der Waals surface area contributed by atoms with Gasteiger partial charge in [0.15, 0.2) is 0 Å². The summed E-state index contributed by atoms with van der Waals surface area (Å²) >= 11 is 0. The zero-order valence-corrected chi connectivity index (χ0v) is 12.1. The highest BCUT2D eigenvalue weighted by Crippen LogP contribution is 2.25. The van der Waals surface area contributed by atoms with Crippen molar-refractivity contribution in [2.75, 3.05) is 13.1 Å². The summed E-state index contributed by atoms with van der Waals surface area (Å²) < 4.78 is 10.7. The van der Waals surface area contributed by atoms with Crippen molar-refractivity contribution >= 4 is 11.8 Å². The fourth-order valence-electron chi connectivity index (χ4n) is 2.39. The maximum absolute atomic E-state index is 11.5. The average Bonchev–Trinajstić information content (AvgIpc) is 2.69. The van der Waals surface area contributed by atoms with Crippen molar-refractivity contribution in [2.45, 2.75) is 46.1 Å². The molecular formula is C15H21NO4. The third-order valence-electron chi connectivity index (χ3n) is 3.35. The van der Waals surface area contributed by atoms with E-state index in [1.165, 1.54) is 26.2 Å². The van der Waals surface area contributed by atoms with Crippen LogP contribution >= 0.6 is 0 Å². The first-order valence-corrected chi connectivity index (χ1v) is 7.06. The summed E-state index contributed by atoms with van der Waals surface area (Å²) in [5, 5.41) is 0. The number of rotatable bonds is 5. The Morgan fingerprint density at radius 1 is 1.30 bits per heavy atom. The molecule has 1 fully saturated rings. The predicted octanol–water partition coefficient (Wildman–Crippen LogP) is 2.46. The Labute approximate surface area is 118 Å². The molecule has 2 rings (SSSR count). The van der Waals surface area contributed by atoms with Gasteiger partial charge in [-0.25, -0.2) is 0 Å². The van der Waals surface area contributed by atoms with Gasteiger partial charge in [-0.3, -0.25) is 14.5 Å². The summed E-state index contributed by atoms with van der Waals surface area (Å²) in [7, 11) is 0. The van der Waals surface area contributed by atoms with Crippen molar-refractivity contribution in [2.24, 2.45) is 0 Å². The Kier molecular flexibility index (Phi) is 4.95. The number of aryl methyl sites for hydroxylation is 1. The van der Waals surface area contributed by atoms with Crippen molar-refractivity contribution in [3.05, 3.63) is 17.4 Å². The first-order chi connectivity index (χ1) is 9.54. The van der Waals surface area contributed by atoms with E-state index >= 15 is 0 Å². The van der Waals surface area contributed by atoms with E-state index in [2.05, 4.69) is 4.90 Å². The van der Waals surface area contributed by atoms with Crippen LogP contribution in [0.1, 0.15) is 43.9 Å². The second kappa shape index (κ2) is 6.70. The summed E-state index contributed by atoms with van der Waals surface area (Å²) in [6.07, 6.45) is 3.52. The molecule has 0 amide bonds. The molecule has 1 saturated heterocycles. The van der Waals surface area contributed by atoms with Crippen LogP contribution in [0.25, 0.3) is 0 Å². The SMILES string of the molecule is CC(=O)CC(=O)Oc1oc(CN2CCCCC2)cc1C. The number of Topliss-reactive ketones (excluding diaryl/α,β-unsaturated/α-hetero) is 1. The van der Waals surface area contributed by atoms with Crippen LogP contribution in [0.5, 0.6) is 5.95 Å². The molecule has 110 valence electrons. The molecule has 0 aliphatic carbocycles. The van der Waals surface area contributed by atoms with E-state index in [4.69, 9.17) is 9.15 Å². The van der Waals surface area contributed by atoms with Crippen LogP contribution in [-0.2, 0) is 16.1 Å². The van der Waals surface area contributed by atoms with Crippen LogP contribution < -0.4 is 4.74 Å². The molecule has 1 aliphatic rings. The molecule has 0 saturated carbocycles. The van der Waals surface area contributed by atoms with Gasteiger partial charge in [0, 0.05) is 5.56 Å². The van der Waals surface area contributed by atoms with Gasteiger partial charge in [0.25, 0.3) is 5.95 Å². The number of nitrogens with zero attached hydrogens (tertiary/aromatic N) is 1. The minimum Gasteiger partial charge on any atom is -0.429 e. The maximum atomic E-state index is 11.5. The third-order valence-corrected chi connectivity index (χ3v) is 3.35. The molecule has 5 nitrogen and oxygen atoms in total. The van der Waals surface area contributed by atoms with Crippen LogP contribution in [0.3, 0.4) is 0 Å². The summed E-state index contributed by atoms with van der Waals surface area (Å²) in [5.74, 6) is 0.227. The standard InChI is InChI=1S/C15H21NO4/c1-11-8-13(10-16-6-4-3-5-7-16)19-15(11)20-14(18)9-12(2)17/h8H,3-7,9-10H2,1-2H3. The number of piperidine rings is 1. The van der Waals surface area contributed by atoms with Gasteiger partial charge in [-0.15, -0.1) is 0 Å². The van der Waals surface area contributed by atoms with Gasteiger partial charge in [0.05, 0.1) is 6.54 Å². The van der Waals surface area contributed by atoms with Crippen LogP contribution in [0.2, 0.25) is 0 Å². The molecule has 0 radical (unpaired) electrons. The smallest absolute Gasteiger partial charge is 0.321 e. The lowest BCUT2D eigenvalue weighted by Crippen LogP contribution is -2.28. The number of furan rings is 1. The molecule has 1 aliphatic heterocycles. The summed E-state index contributed by atoms with van der Waals surface area (Å²) in [6.45, 7) is 6.10. The van der Waals surface area contributed by atoms with Crippen molar-refractivity contribution < 1.29 is 18.7 Å². The monoisotopic (exact) mass is 279 g/mol. The minimum absolute atomic E-state index is 0.211. The van der Waals surface area contributed by atoms with Gasteiger partial charge >= 0.3 is 5.97 Å². The molecule has 0 spiro atoms. The van der Waals surface area contributed by atoms with Crippen molar-refractivity contribution in [3.63, 3.8) is 0 Å². The van der Waals surface area contributed by atoms with E-state index < -0.39 is 5.97 Å². The van der Waals surface area contributed by atoms with E-state index in [0.29, 0.717) is 0 Å². The first-order valence-electron chi connectivity index (χ1n) is 7.06. The number of ketones is 1. The van der Waals surface area contributed by atoms with Crippen LogP contribution in [0.4, 0.5) is 0 Å². The minimum atomic E-state index is -0.570. The summed E-state index contributed by atoms with van der Waals surface area (Å²) in [4.78, 5) is 24.7. The lowest BCUT2D eigenvalue weighted by atomic mass is 10.1. The predicted molar refractivity (Wildman–Crippen MR) is 73.5 cm³/mol. The van der Waals surface area contributed by atoms with Crippen molar-refractivity contribution in [1.82, 2.24) is 4.90 Å². The lowest BCUT2D eigenvalue weighted by molar-refractivity contribution is -0.138. The van der Waals surface area contributed by atoms with E-state index in [9.17, 15) is 9.59 Å². The topological polar surface area (TPSA) is 59.8 Å². The number of carbonyl (C=O) groups excluding carboxylic acids is 2. The number of hydrogen-bond acceptors (Lipinski definition) is 5. The first kappa shape index (κ1) is 14.8. The Bertz CT molecular complexity index is 486. The second-order valence-electron chi connectivity index (χ2n) is 5.37. The molecule has 20 heavy (non-hydrogen) atoms. The zero-order chi connectivity index (χ0) is 14.5. The summed E-state index contributed by atoms with van der Waals surface area (Å²) in [6, 6.07) is 1.89. The number of carbonyl (C=O) groups is 2. The highest BCUT2D eigenvalue weighted by Gasteiger charge is 2.17. The van der Waals surface area contributed by atoms with Gasteiger partial charge in [0.1, 0.15) is 18.0 Å². The molecule has 1 aromatic heterocycles. The third kappa shape index (κ3) is 4.20. The largest absolute Gasteiger partial charge is 0.429 e. The molecule has 5 heteroatoms. The number of ether oxygens (including phenoxy) is 1. The fraction of sp³-hybridized carbons (Fsp3) is 0.600. The Balaban J connectivity index is 1.94. The molecular weight excluding hydrogens is 258 g/mol. The van der Waals surface area contributed by atoms with E-state index in [1.807, 2.05) is 13.0 Å². The molecule has 0 N–H and O–H groups in total. The van der Waals surface area contributed by atoms with E-state index in [1.54, 1.807) is 0 Å². The molecule has 0 unspecified atom stereocenters. The van der Waals surface area contributed by atoms with Gasteiger partial charge < -0.3 is 9.15 Å². The molecule has 0 bridgehead atoms. The molecule has 0 aromatic carbocycles. The fourth-order valence-corrected chi connectivity index (χ4v) is 2.39. The molecule has 2 heterocycles. The molecule has 0 atom stereocenters. The summed E-state index contributed by atoms with van der Waals surface area (Å²) in [5.41, 5.74) is 0.786. The zero-order valence-electron chi connectivity index (χ0n) is 12.1. The number of hydrogen-bond donors (Lipinski definition) is 0. The Morgan fingerprint density at radius 2 is 2.00 bits per heavy atom. The van der Waals surface area contributed by atoms with Gasteiger partial charge in [-0.2, -0.15) is 0 Å². The van der Waals surface area contributed by atoms with Crippen LogP contribution in [0, 0.1) is 6.92 Å². The Morgan fingerprint density at radius 3 is 2.65 bits per heavy atom. The lowest BCUT2D eigenvalue weighted by Gasteiger charge is -2.25. The highest BCUT2D eigenvalue weighted by atomic mass is 16.6. The van der Waals surface area contributed by atoms with Gasteiger partial charge in [-0.1, -0.05) is 6.42 Å². The molecule has 1 aromatic rings. The van der Waals surface area contributed by atoms with Crippen molar-refractivity contribution in [1.29, 1.82) is 0 Å².